The highest BCUT2D eigenvalue weighted by Gasteiger charge is 2.21. The molecule has 0 spiro atoms. The lowest BCUT2D eigenvalue weighted by molar-refractivity contribution is -0.136. The number of hydrogen-bond acceptors (Lipinski definition) is 4. The predicted octanol–water partition coefficient (Wildman–Crippen LogP) is 3.90. The number of allylic oxidation sites excluding steroid dienone is 1. The topological polar surface area (TPSA) is 79.7 Å². The standard InChI is InChI=1S/C26H27NO4/c1-7-19-21(12-15(3)31-6)26(30)27-25-16(4)20(13-22(28)29)23(17(5)24(19)25)18-10-8-14(2)9-11-18/h7-12H,3,13H2,1-2,4-6H3,(H,27,30)(H,28,29)/b19-7+,21-12+. The molecule has 1 heterocycles. The molecule has 31 heavy (non-hydrogen) atoms. The van der Waals surface area contributed by atoms with Crippen LogP contribution in [0.4, 0.5) is 0 Å². The number of rotatable bonds is 5. The van der Waals surface area contributed by atoms with Crippen molar-refractivity contribution < 1.29 is 19.7 Å². The Morgan fingerprint density at radius 1 is 1.13 bits per heavy atom. The van der Waals surface area contributed by atoms with Crippen molar-refractivity contribution >= 4 is 29.0 Å². The van der Waals surface area contributed by atoms with Crippen LogP contribution in [0.2, 0.25) is 0 Å². The number of carboxylic acid groups (broad SMARTS) is 1. The van der Waals surface area contributed by atoms with E-state index in [4.69, 9.17) is 4.74 Å². The highest BCUT2D eigenvalue weighted by Crippen LogP contribution is 2.35. The van der Waals surface area contributed by atoms with E-state index in [0.717, 1.165) is 38.4 Å². The molecule has 160 valence electrons. The van der Waals surface area contributed by atoms with Crippen LogP contribution in [0.3, 0.4) is 0 Å². The van der Waals surface area contributed by atoms with E-state index < -0.39 is 5.97 Å². The molecule has 0 unspecified atom stereocenters. The highest BCUT2D eigenvalue weighted by atomic mass is 16.5. The Morgan fingerprint density at radius 3 is 2.32 bits per heavy atom. The minimum atomic E-state index is -0.914. The molecular formula is C26H27NO4. The summed E-state index contributed by atoms with van der Waals surface area (Å²) in [5.41, 5.74) is 5.92. The third-order valence-corrected chi connectivity index (χ3v) is 5.64. The van der Waals surface area contributed by atoms with Gasteiger partial charge in [-0.2, -0.15) is 0 Å². The Kier molecular flexibility index (Phi) is 6.16. The molecule has 5 heteroatoms. The van der Waals surface area contributed by atoms with Crippen molar-refractivity contribution in [3.8, 4) is 17.0 Å². The molecule has 0 atom stereocenters. The number of hydrogen-bond donors (Lipinski definition) is 2. The van der Waals surface area contributed by atoms with Crippen molar-refractivity contribution in [1.82, 2.24) is 4.98 Å². The summed E-state index contributed by atoms with van der Waals surface area (Å²) in [5.74, 6) is -0.663. The molecule has 0 saturated heterocycles. The normalized spacial score (nSPS) is 12.4. The Hall–Kier alpha value is -3.60. The van der Waals surface area contributed by atoms with Crippen LogP contribution in [0.25, 0.3) is 34.2 Å². The van der Waals surface area contributed by atoms with Crippen LogP contribution >= 0.6 is 0 Å². The summed E-state index contributed by atoms with van der Waals surface area (Å²) in [6.07, 6.45) is 3.44. The highest BCUT2D eigenvalue weighted by molar-refractivity contribution is 5.96. The van der Waals surface area contributed by atoms with Crippen molar-refractivity contribution in [2.24, 2.45) is 0 Å². The molecule has 3 aromatic rings. The van der Waals surface area contributed by atoms with Crippen LogP contribution in [0, 0.1) is 20.8 Å². The number of benzene rings is 2. The first-order valence-corrected chi connectivity index (χ1v) is 10.0. The van der Waals surface area contributed by atoms with Gasteiger partial charge in [-0.05, 0) is 66.8 Å². The maximum Gasteiger partial charge on any atom is 0.307 e. The second kappa shape index (κ2) is 8.64. The van der Waals surface area contributed by atoms with Gasteiger partial charge in [-0.25, -0.2) is 4.98 Å². The number of methoxy groups -OCH3 is 1. The molecule has 2 N–H and O–H groups in total. The van der Waals surface area contributed by atoms with E-state index in [2.05, 4.69) is 11.6 Å². The number of aromatic hydroxyl groups is 1. The number of ether oxygens (including phenoxy) is 1. The van der Waals surface area contributed by atoms with Gasteiger partial charge in [-0.3, -0.25) is 4.79 Å². The Labute approximate surface area is 181 Å². The largest absolute Gasteiger partial charge is 0.497 e. The van der Waals surface area contributed by atoms with E-state index in [-0.39, 0.29) is 12.3 Å². The summed E-state index contributed by atoms with van der Waals surface area (Å²) in [6, 6.07) is 8.06. The van der Waals surface area contributed by atoms with E-state index >= 15 is 0 Å². The van der Waals surface area contributed by atoms with Gasteiger partial charge in [-0.15, -0.1) is 0 Å². The smallest absolute Gasteiger partial charge is 0.307 e. The van der Waals surface area contributed by atoms with E-state index in [1.165, 1.54) is 7.11 Å². The average molecular weight is 418 g/mol. The van der Waals surface area contributed by atoms with E-state index in [1.807, 2.05) is 58.0 Å². The summed E-state index contributed by atoms with van der Waals surface area (Å²) in [6.45, 7) is 11.6. The molecule has 0 fully saturated rings. The molecule has 0 bridgehead atoms. The molecule has 2 aromatic carbocycles. The zero-order valence-electron chi connectivity index (χ0n) is 18.5. The monoisotopic (exact) mass is 417 g/mol. The second-order valence-electron chi connectivity index (χ2n) is 7.63. The van der Waals surface area contributed by atoms with Crippen molar-refractivity contribution in [3.63, 3.8) is 0 Å². The fraction of sp³-hybridized carbons (Fsp3) is 0.231. The minimum Gasteiger partial charge on any atom is -0.497 e. The quantitative estimate of drug-likeness (QED) is 0.616. The number of aryl methyl sites for hydroxylation is 3. The van der Waals surface area contributed by atoms with Gasteiger partial charge in [0.25, 0.3) is 0 Å². The van der Waals surface area contributed by atoms with Gasteiger partial charge in [0.15, 0.2) is 0 Å². The summed E-state index contributed by atoms with van der Waals surface area (Å²) in [4.78, 5) is 16.2. The lowest BCUT2D eigenvalue weighted by Crippen LogP contribution is -2.28. The van der Waals surface area contributed by atoms with E-state index in [9.17, 15) is 15.0 Å². The van der Waals surface area contributed by atoms with Crippen LogP contribution in [0.5, 0.6) is 5.88 Å². The first-order valence-electron chi connectivity index (χ1n) is 10.0. The molecule has 5 nitrogen and oxygen atoms in total. The number of carboxylic acids is 1. The summed E-state index contributed by atoms with van der Waals surface area (Å²) in [5, 5.41) is 22.5. The summed E-state index contributed by atoms with van der Waals surface area (Å²) < 4.78 is 5.17. The lowest BCUT2D eigenvalue weighted by Gasteiger charge is -2.19. The minimum absolute atomic E-state index is 0.131. The van der Waals surface area contributed by atoms with Crippen LogP contribution in [-0.2, 0) is 16.0 Å². The summed E-state index contributed by atoms with van der Waals surface area (Å²) >= 11 is 0. The Bertz CT molecular complexity index is 1320. The van der Waals surface area contributed by atoms with Gasteiger partial charge in [0.2, 0.25) is 5.88 Å². The third kappa shape index (κ3) is 4.04. The van der Waals surface area contributed by atoms with Crippen LogP contribution in [-0.4, -0.2) is 28.3 Å². The number of fused-ring (bicyclic) bond motifs is 1. The molecule has 0 aliphatic heterocycles. The van der Waals surface area contributed by atoms with Crippen LogP contribution in [0.1, 0.15) is 29.2 Å². The van der Waals surface area contributed by atoms with E-state index in [0.29, 0.717) is 22.1 Å². The van der Waals surface area contributed by atoms with Gasteiger partial charge >= 0.3 is 5.97 Å². The molecular weight excluding hydrogens is 390 g/mol. The van der Waals surface area contributed by atoms with Gasteiger partial charge in [0.1, 0.15) is 5.76 Å². The van der Waals surface area contributed by atoms with Crippen LogP contribution in [0.15, 0.2) is 36.6 Å². The molecule has 3 rings (SSSR count). The molecule has 0 saturated carbocycles. The number of aromatic nitrogens is 1. The zero-order valence-corrected chi connectivity index (χ0v) is 18.5. The van der Waals surface area contributed by atoms with Gasteiger partial charge in [-0.1, -0.05) is 42.5 Å². The number of carbonyl (C=O) groups is 1. The molecule has 0 aliphatic rings. The molecule has 0 radical (unpaired) electrons. The maximum absolute atomic E-state index is 11.7. The van der Waals surface area contributed by atoms with Crippen molar-refractivity contribution in [2.45, 2.75) is 34.1 Å². The molecule has 0 aliphatic carbocycles. The van der Waals surface area contributed by atoms with Crippen molar-refractivity contribution in [3.05, 3.63) is 69.3 Å². The first-order chi connectivity index (χ1) is 14.7. The second-order valence-corrected chi connectivity index (χ2v) is 7.63. The first kappa shape index (κ1) is 22.1. The van der Waals surface area contributed by atoms with E-state index in [1.54, 1.807) is 6.08 Å². The lowest BCUT2D eigenvalue weighted by atomic mass is 9.86. The Balaban J connectivity index is 2.59. The SMILES string of the molecule is C=C(/C=c1/c(O)nc2c(C)c(CC(=O)O)c(-c3ccc(C)cc3)c(C)c2/c1=C/C)OC. The predicted molar refractivity (Wildman–Crippen MR) is 124 cm³/mol. The summed E-state index contributed by atoms with van der Waals surface area (Å²) in [7, 11) is 1.52. The van der Waals surface area contributed by atoms with Gasteiger partial charge in [0, 0.05) is 10.6 Å². The van der Waals surface area contributed by atoms with Crippen molar-refractivity contribution in [2.75, 3.05) is 7.11 Å². The fourth-order valence-electron chi connectivity index (χ4n) is 4.08. The van der Waals surface area contributed by atoms with Gasteiger partial charge in [0.05, 0.1) is 19.0 Å². The fourth-order valence-corrected chi connectivity index (χ4v) is 4.08. The van der Waals surface area contributed by atoms with Gasteiger partial charge < -0.3 is 14.9 Å². The van der Waals surface area contributed by atoms with Crippen molar-refractivity contribution in [1.29, 1.82) is 0 Å². The molecule has 1 aromatic heterocycles. The zero-order chi connectivity index (χ0) is 22.9. The molecule has 0 amide bonds. The average Bonchev–Trinajstić information content (AvgIpc) is 2.73. The van der Waals surface area contributed by atoms with Crippen LogP contribution < -0.4 is 10.4 Å². The number of aliphatic carboxylic acids is 1. The maximum atomic E-state index is 11.7. The Morgan fingerprint density at radius 2 is 1.77 bits per heavy atom. The number of pyridine rings is 1. The number of nitrogens with zero attached hydrogens (tertiary/aromatic N) is 1. The third-order valence-electron chi connectivity index (χ3n) is 5.64.